The van der Waals surface area contributed by atoms with E-state index in [4.69, 9.17) is 0 Å². The van der Waals surface area contributed by atoms with E-state index in [2.05, 4.69) is 53.1 Å². The maximum atomic E-state index is 9.99. The molecular formula is C33H17N5. The summed E-state index contributed by atoms with van der Waals surface area (Å²) >= 11 is 0. The van der Waals surface area contributed by atoms with Crippen LogP contribution in [0, 0.1) is 34.0 Å². The molecule has 0 aliphatic rings. The number of hydrogen-bond acceptors (Lipinski definition) is 3. The third-order valence-electron chi connectivity index (χ3n) is 7.20. The van der Waals surface area contributed by atoms with Crippen molar-refractivity contribution in [3.05, 3.63) is 120 Å². The topological polar surface area (TPSA) is 81.2 Å². The molecule has 0 unspecified atom stereocenters. The minimum absolute atomic E-state index is 0.439. The Hall–Kier alpha value is -5.83. The molecule has 174 valence electrons. The van der Waals surface area contributed by atoms with E-state index < -0.39 is 0 Å². The average molecular weight is 484 g/mol. The van der Waals surface area contributed by atoms with Gasteiger partial charge in [-0.2, -0.15) is 15.8 Å². The summed E-state index contributed by atoms with van der Waals surface area (Å²) in [6.07, 6.45) is 0. The predicted octanol–water partition coefficient (Wildman–Crippen LogP) is 7.50. The van der Waals surface area contributed by atoms with E-state index in [1.165, 1.54) is 0 Å². The van der Waals surface area contributed by atoms with Crippen LogP contribution in [0.2, 0.25) is 0 Å². The van der Waals surface area contributed by atoms with Crippen LogP contribution >= 0.6 is 0 Å². The molecule has 7 aromatic rings. The molecule has 0 N–H and O–H groups in total. The van der Waals surface area contributed by atoms with E-state index in [-0.39, 0.29) is 0 Å². The first-order valence-corrected chi connectivity index (χ1v) is 12.1. The summed E-state index contributed by atoms with van der Waals surface area (Å²) in [5, 5.41) is 33.8. The molecule has 2 heterocycles. The number of hydrogen-bond donors (Lipinski definition) is 0. The first-order valence-electron chi connectivity index (χ1n) is 12.1. The summed E-state index contributed by atoms with van der Waals surface area (Å²) in [6, 6.07) is 40.3. The highest BCUT2D eigenvalue weighted by Gasteiger charge is 2.22. The van der Waals surface area contributed by atoms with Gasteiger partial charge in [0.25, 0.3) is 0 Å². The molecule has 0 amide bonds. The summed E-state index contributed by atoms with van der Waals surface area (Å²) in [4.78, 5) is 0. The molecule has 2 aromatic heterocycles. The monoisotopic (exact) mass is 483 g/mol. The number of aromatic nitrogens is 2. The van der Waals surface area contributed by atoms with E-state index in [0.717, 1.165) is 49.3 Å². The second kappa shape index (κ2) is 8.10. The fourth-order valence-electron chi connectivity index (χ4n) is 5.70. The minimum Gasteiger partial charge on any atom is -0.308 e. The molecule has 0 aliphatic carbocycles. The van der Waals surface area contributed by atoms with Gasteiger partial charge >= 0.3 is 0 Å². The Morgan fingerprint density at radius 1 is 0.500 bits per heavy atom. The van der Waals surface area contributed by atoms with Crippen molar-refractivity contribution in [1.82, 2.24) is 9.13 Å². The fraction of sp³-hybridized carbons (Fsp3) is 0. The van der Waals surface area contributed by atoms with Gasteiger partial charge in [0.05, 0.1) is 50.5 Å². The van der Waals surface area contributed by atoms with E-state index >= 15 is 0 Å². The van der Waals surface area contributed by atoms with Gasteiger partial charge in [-0.05, 0) is 48.5 Å². The molecule has 0 aliphatic heterocycles. The van der Waals surface area contributed by atoms with Crippen molar-refractivity contribution >= 4 is 43.6 Å². The molecule has 7 rings (SSSR count). The Morgan fingerprint density at radius 3 is 1.87 bits per heavy atom. The number of rotatable bonds is 2. The lowest BCUT2D eigenvalue weighted by molar-refractivity contribution is 1.15. The number of benzene rings is 5. The first-order chi connectivity index (χ1) is 18.7. The summed E-state index contributed by atoms with van der Waals surface area (Å²) < 4.78 is 4.25. The second-order valence-corrected chi connectivity index (χ2v) is 9.15. The van der Waals surface area contributed by atoms with Crippen LogP contribution in [0.4, 0.5) is 0 Å². The predicted molar refractivity (Wildman–Crippen MR) is 149 cm³/mol. The van der Waals surface area contributed by atoms with Crippen molar-refractivity contribution in [2.45, 2.75) is 0 Å². The van der Waals surface area contributed by atoms with Crippen molar-refractivity contribution in [1.29, 1.82) is 15.8 Å². The van der Waals surface area contributed by atoms with Gasteiger partial charge in [0, 0.05) is 27.2 Å². The average Bonchev–Trinajstić information content (AvgIpc) is 3.49. The molecule has 5 nitrogen and oxygen atoms in total. The Kier molecular flexibility index (Phi) is 4.57. The van der Waals surface area contributed by atoms with E-state index in [0.29, 0.717) is 22.4 Å². The number of para-hydroxylation sites is 3. The molecule has 0 radical (unpaired) electrons. The summed E-state index contributed by atoms with van der Waals surface area (Å²) in [6.45, 7) is 0. The highest BCUT2D eigenvalue weighted by molar-refractivity contribution is 6.26. The van der Waals surface area contributed by atoms with Gasteiger partial charge in [0.1, 0.15) is 12.1 Å². The van der Waals surface area contributed by atoms with Crippen molar-refractivity contribution < 1.29 is 0 Å². The van der Waals surface area contributed by atoms with Gasteiger partial charge in [-0.15, -0.1) is 0 Å². The van der Waals surface area contributed by atoms with Crippen LogP contribution in [-0.4, -0.2) is 9.13 Å². The summed E-state index contributed by atoms with van der Waals surface area (Å²) in [5.41, 5.74) is 6.81. The molecule has 0 bridgehead atoms. The van der Waals surface area contributed by atoms with Gasteiger partial charge in [-0.25, -0.2) is 0 Å². The number of nitriles is 3. The van der Waals surface area contributed by atoms with Crippen LogP contribution in [0.25, 0.3) is 55.0 Å². The zero-order chi connectivity index (χ0) is 25.8. The van der Waals surface area contributed by atoms with Gasteiger partial charge in [-0.1, -0.05) is 54.6 Å². The molecule has 5 aromatic carbocycles. The van der Waals surface area contributed by atoms with E-state index in [9.17, 15) is 15.8 Å². The van der Waals surface area contributed by atoms with Crippen molar-refractivity contribution in [3.8, 4) is 29.6 Å². The van der Waals surface area contributed by atoms with Crippen molar-refractivity contribution in [3.63, 3.8) is 0 Å². The standard InChI is InChI=1S/C33H17N5/c34-18-21-7-5-10-24(17-21)37-28-13-3-1-11-25(28)26-15-16-30-31(33(26)37)27-12-2-4-14-29(27)38(30)32-22(19-35)8-6-9-23(32)20-36/h1-17H. The Morgan fingerprint density at radius 2 is 1.16 bits per heavy atom. The van der Waals surface area contributed by atoms with Crippen LogP contribution in [0.15, 0.2) is 103 Å². The van der Waals surface area contributed by atoms with Crippen molar-refractivity contribution in [2.24, 2.45) is 0 Å². The Bertz CT molecular complexity index is 2190. The normalized spacial score (nSPS) is 11.1. The molecule has 5 heteroatoms. The van der Waals surface area contributed by atoms with Gasteiger partial charge in [0.15, 0.2) is 0 Å². The largest absolute Gasteiger partial charge is 0.308 e. The second-order valence-electron chi connectivity index (χ2n) is 9.15. The SMILES string of the molecule is N#Cc1cccc(-n2c3ccccc3c3ccc4c(c5ccccc5n4-c4c(C#N)cccc4C#N)c32)c1. The number of nitrogens with zero attached hydrogens (tertiary/aromatic N) is 5. The maximum Gasteiger partial charge on any atom is 0.101 e. The van der Waals surface area contributed by atoms with Crippen LogP contribution in [0.3, 0.4) is 0 Å². The van der Waals surface area contributed by atoms with Gasteiger partial charge in [-0.3, -0.25) is 0 Å². The molecule has 38 heavy (non-hydrogen) atoms. The maximum absolute atomic E-state index is 9.99. The Balaban J connectivity index is 1.76. The van der Waals surface area contributed by atoms with Crippen LogP contribution < -0.4 is 0 Å². The van der Waals surface area contributed by atoms with Crippen LogP contribution in [-0.2, 0) is 0 Å². The lowest BCUT2D eigenvalue weighted by Crippen LogP contribution is -2.01. The lowest BCUT2D eigenvalue weighted by atomic mass is 10.1. The molecular weight excluding hydrogens is 466 g/mol. The zero-order valence-electron chi connectivity index (χ0n) is 20.1. The first kappa shape index (κ1) is 21.5. The zero-order valence-corrected chi connectivity index (χ0v) is 20.1. The number of fused-ring (bicyclic) bond motifs is 7. The van der Waals surface area contributed by atoms with E-state index in [1.54, 1.807) is 24.3 Å². The molecule has 0 saturated heterocycles. The molecule has 0 fully saturated rings. The third-order valence-corrected chi connectivity index (χ3v) is 7.20. The minimum atomic E-state index is 0.439. The summed E-state index contributed by atoms with van der Waals surface area (Å²) in [7, 11) is 0. The highest BCUT2D eigenvalue weighted by Crippen LogP contribution is 2.42. The Labute approximate surface area is 217 Å². The van der Waals surface area contributed by atoms with Crippen LogP contribution in [0.5, 0.6) is 0 Å². The van der Waals surface area contributed by atoms with Crippen LogP contribution in [0.1, 0.15) is 16.7 Å². The third kappa shape index (κ3) is 2.83. The quantitative estimate of drug-likeness (QED) is 0.255. The molecule has 0 spiro atoms. The highest BCUT2D eigenvalue weighted by atomic mass is 15.0. The van der Waals surface area contributed by atoms with Crippen molar-refractivity contribution in [2.75, 3.05) is 0 Å². The lowest BCUT2D eigenvalue weighted by Gasteiger charge is -2.12. The fourth-order valence-corrected chi connectivity index (χ4v) is 5.70. The van der Waals surface area contributed by atoms with E-state index in [1.807, 2.05) is 53.1 Å². The molecule has 0 saturated carbocycles. The van der Waals surface area contributed by atoms with Gasteiger partial charge < -0.3 is 9.13 Å². The molecule has 0 atom stereocenters. The smallest absolute Gasteiger partial charge is 0.101 e. The summed E-state index contributed by atoms with van der Waals surface area (Å²) in [5.74, 6) is 0. The van der Waals surface area contributed by atoms with Gasteiger partial charge in [0.2, 0.25) is 0 Å².